The Balaban J connectivity index is 2.23. The van der Waals surface area contributed by atoms with E-state index in [0.29, 0.717) is 11.6 Å². The van der Waals surface area contributed by atoms with Crippen LogP contribution in [0.3, 0.4) is 0 Å². The average molecular weight is 216 g/mol. The molecule has 1 saturated carbocycles. The average Bonchev–Trinajstić information content (AvgIpc) is 3.00. The third-order valence-electron chi connectivity index (χ3n) is 3.02. The lowest BCUT2D eigenvalue weighted by atomic mass is 10.2. The van der Waals surface area contributed by atoms with Gasteiger partial charge in [-0.25, -0.2) is 9.78 Å². The molecule has 0 spiro atoms. The van der Waals surface area contributed by atoms with Crippen molar-refractivity contribution < 1.29 is 9.90 Å². The molecule has 1 aliphatic carbocycles. The monoisotopic (exact) mass is 216 g/mol. The minimum absolute atomic E-state index is 0.299. The molecule has 0 amide bonds. The smallest absolute Gasteiger partial charge is 0.335 e. The fourth-order valence-corrected chi connectivity index (χ4v) is 2.15. The van der Waals surface area contributed by atoms with E-state index in [4.69, 9.17) is 5.11 Å². The van der Waals surface area contributed by atoms with Gasteiger partial charge in [0.05, 0.1) is 16.6 Å². The van der Waals surface area contributed by atoms with Crippen LogP contribution in [0.25, 0.3) is 11.0 Å². The second-order valence-corrected chi connectivity index (χ2v) is 4.27. The molecule has 1 aromatic heterocycles. The number of aromatic nitrogens is 2. The maximum atomic E-state index is 10.8. The summed E-state index contributed by atoms with van der Waals surface area (Å²) in [5, 5.41) is 8.91. The van der Waals surface area contributed by atoms with Gasteiger partial charge in [-0.15, -0.1) is 0 Å². The maximum Gasteiger partial charge on any atom is 0.335 e. The third kappa shape index (κ3) is 1.30. The number of carboxylic acids is 1. The van der Waals surface area contributed by atoms with Crippen LogP contribution in [0.2, 0.25) is 0 Å². The zero-order chi connectivity index (χ0) is 11.3. The van der Waals surface area contributed by atoms with Crippen LogP contribution in [0, 0.1) is 6.92 Å². The van der Waals surface area contributed by atoms with Gasteiger partial charge in [0.25, 0.3) is 0 Å². The van der Waals surface area contributed by atoms with E-state index in [1.807, 2.05) is 13.0 Å². The molecule has 3 rings (SSSR count). The second kappa shape index (κ2) is 3.07. The molecule has 0 atom stereocenters. The predicted molar refractivity (Wildman–Crippen MR) is 59.7 cm³/mol. The number of fused-ring (bicyclic) bond motifs is 1. The van der Waals surface area contributed by atoms with Crippen LogP contribution in [0.1, 0.15) is 35.1 Å². The van der Waals surface area contributed by atoms with Gasteiger partial charge in [0.2, 0.25) is 0 Å². The molecule has 1 N–H and O–H groups in total. The van der Waals surface area contributed by atoms with Crippen LogP contribution < -0.4 is 0 Å². The van der Waals surface area contributed by atoms with E-state index in [-0.39, 0.29) is 0 Å². The van der Waals surface area contributed by atoms with Crippen molar-refractivity contribution in [3.63, 3.8) is 0 Å². The maximum absolute atomic E-state index is 10.8. The fourth-order valence-electron chi connectivity index (χ4n) is 2.15. The molecule has 0 radical (unpaired) electrons. The van der Waals surface area contributed by atoms with Crippen molar-refractivity contribution in [2.45, 2.75) is 25.8 Å². The Bertz CT molecular complexity index is 582. The number of imidazole rings is 1. The fraction of sp³-hybridized carbons (Fsp3) is 0.333. The van der Waals surface area contributed by atoms with Crippen LogP contribution in [0.15, 0.2) is 18.2 Å². The van der Waals surface area contributed by atoms with E-state index in [1.165, 1.54) is 12.8 Å². The van der Waals surface area contributed by atoms with E-state index in [0.717, 1.165) is 16.9 Å². The molecule has 16 heavy (non-hydrogen) atoms. The van der Waals surface area contributed by atoms with Crippen LogP contribution in [-0.2, 0) is 0 Å². The van der Waals surface area contributed by atoms with Gasteiger partial charge in [-0.1, -0.05) is 0 Å². The van der Waals surface area contributed by atoms with Gasteiger partial charge in [-0.05, 0) is 38.0 Å². The van der Waals surface area contributed by atoms with Crippen molar-refractivity contribution >= 4 is 17.0 Å². The predicted octanol–water partition coefficient (Wildman–Crippen LogP) is 2.38. The molecule has 0 unspecified atom stereocenters. The quantitative estimate of drug-likeness (QED) is 0.838. The van der Waals surface area contributed by atoms with Crippen LogP contribution in [-0.4, -0.2) is 20.6 Å². The minimum Gasteiger partial charge on any atom is -0.478 e. The van der Waals surface area contributed by atoms with Crippen molar-refractivity contribution in [2.24, 2.45) is 0 Å². The molecular formula is C12H12N2O2. The van der Waals surface area contributed by atoms with E-state index in [9.17, 15) is 4.79 Å². The van der Waals surface area contributed by atoms with Gasteiger partial charge in [-0.2, -0.15) is 0 Å². The summed E-state index contributed by atoms with van der Waals surface area (Å²) in [6.45, 7) is 1.97. The van der Waals surface area contributed by atoms with Gasteiger partial charge >= 0.3 is 5.97 Å². The first-order valence-corrected chi connectivity index (χ1v) is 5.38. The number of carboxylic acid groups (broad SMARTS) is 1. The molecule has 82 valence electrons. The summed E-state index contributed by atoms with van der Waals surface area (Å²) < 4.78 is 2.21. The Morgan fingerprint density at radius 3 is 2.88 bits per heavy atom. The Kier molecular flexibility index (Phi) is 1.80. The topological polar surface area (TPSA) is 55.1 Å². The van der Waals surface area contributed by atoms with E-state index < -0.39 is 5.97 Å². The first-order chi connectivity index (χ1) is 7.66. The lowest BCUT2D eigenvalue weighted by Gasteiger charge is -2.03. The zero-order valence-corrected chi connectivity index (χ0v) is 8.97. The summed E-state index contributed by atoms with van der Waals surface area (Å²) >= 11 is 0. The van der Waals surface area contributed by atoms with Crippen molar-refractivity contribution in [1.29, 1.82) is 0 Å². The molecule has 2 aromatic rings. The standard InChI is InChI=1S/C12H12N2O2/c1-7-13-10-6-8(12(15)16)2-5-11(10)14(7)9-3-4-9/h2,5-6,9H,3-4H2,1H3,(H,15,16). The summed E-state index contributed by atoms with van der Waals surface area (Å²) in [5.74, 6) is 0.0700. The first-order valence-electron chi connectivity index (χ1n) is 5.38. The summed E-state index contributed by atoms with van der Waals surface area (Å²) in [6, 6.07) is 5.71. The molecule has 0 bridgehead atoms. The van der Waals surface area contributed by atoms with Gasteiger partial charge < -0.3 is 9.67 Å². The van der Waals surface area contributed by atoms with E-state index in [1.54, 1.807) is 12.1 Å². The normalized spacial score (nSPS) is 15.6. The van der Waals surface area contributed by atoms with Gasteiger partial charge in [-0.3, -0.25) is 0 Å². The first kappa shape index (κ1) is 9.39. The number of rotatable bonds is 2. The van der Waals surface area contributed by atoms with Crippen molar-refractivity contribution in [3.05, 3.63) is 29.6 Å². The summed E-state index contributed by atoms with van der Waals surface area (Å²) in [6.07, 6.45) is 2.40. The number of benzene rings is 1. The molecular weight excluding hydrogens is 204 g/mol. The Hall–Kier alpha value is -1.84. The van der Waals surface area contributed by atoms with Crippen molar-refractivity contribution in [2.75, 3.05) is 0 Å². The highest BCUT2D eigenvalue weighted by Gasteiger charge is 2.27. The second-order valence-electron chi connectivity index (χ2n) is 4.27. The molecule has 0 aliphatic heterocycles. The summed E-state index contributed by atoms with van der Waals surface area (Å²) in [4.78, 5) is 15.3. The Morgan fingerprint density at radius 1 is 1.50 bits per heavy atom. The molecule has 1 heterocycles. The number of aryl methyl sites for hydroxylation is 1. The molecule has 1 aliphatic rings. The molecule has 1 fully saturated rings. The lowest BCUT2D eigenvalue weighted by molar-refractivity contribution is 0.0697. The summed E-state index contributed by atoms with van der Waals surface area (Å²) in [5.41, 5.74) is 2.13. The minimum atomic E-state index is -0.902. The van der Waals surface area contributed by atoms with Crippen LogP contribution in [0.4, 0.5) is 0 Å². The van der Waals surface area contributed by atoms with E-state index >= 15 is 0 Å². The van der Waals surface area contributed by atoms with Gasteiger partial charge in [0, 0.05) is 6.04 Å². The zero-order valence-electron chi connectivity index (χ0n) is 8.97. The summed E-state index contributed by atoms with van der Waals surface area (Å²) in [7, 11) is 0. The molecule has 4 nitrogen and oxygen atoms in total. The molecule has 1 aromatic carbocycles. The number of hydrogen-bond acceptors (Lipinski definition) is 2. The highest BCUT2D eigenvalue weighted by molar-refractivity contribution is 5.92. The highest BCUT2D eigenvalue weighted by Crippen LogP contribution is 2.38. The van der Waals surface area contributed by atoms with Crippen LogP contribution >= 0.6 is 0 Å². The Morgan fingerprint density at radius 2 is 2.25 bits per heavy atom. The van der Waals surface area contributed by atoms with Crippen molar-refractivity contribution in [3.8, 4) is 0 Å². The van der Waals surface area contributed by atoms with Crippen LogP contribution in [0.5, 0.6) is 0 Å². The molecule has 0 saturated heterocycles. The number of hydrogen-bond donors (Lipinski definition) is 1. The largest absolute Gasteiger partial charge is 0.478 e. The van der Waals surface area contributed by atoms with E-state index in [2.05, 4.69) is 9.55 Å². The third-order valence-corrected chi connectivity index (χ3v) is 3.02. The van der Waals surface area contributed by atoms with Gasteiger partial charge in [0.1, 0.15) is 5.82 Å². The number of nitrogens with zero attached hydrogens (tertiary/aromatic N) is 2. The van der Waals surface area contributed by atoms with Crippen molar-refractivity contribution in [1.82, 2.24) is 9.55 Å². The van der Waals surface area contributed by atoms with Gasteiger partial charge in [0.15, 0.2) is 0 Å². The number of carbonyl (C=O) groups is 1. The highest BCUT2D eigenvalue weighted by atomic mass is 16.4. The SMILES string of the molecule is Cc1nc2cc(C(=O)O)ccc2n1C1CC1. The number of aromatic carboxylic acids is 1. The lowest BCUT2D eigenvalue weighted by Crippen LogP contribution is -1.97. The Labute approximate surface area is 92.5 Å². The molecule has 4 heteroatoms.